The van der Waals surface area contributed by atoms with Gasteiger partial charge in [-0.2, -0.15) is 0 Å². The minimum Gasteiger partial charge on any atom is -0.467 e. The number of hydrogen-bond donors (Lipinski definition) is 1. The Hall–Kier alpha value is -4.25. The maximum Gasteiger partial charge on any atom is 0.316 e. The first-order valence-electron chi connectivity index (χ1n) is 10.1. The van der Waals surface area contributed by atoms with Crippen molar-refractivity contribution in [1.82, 2.24) is 34.5 Å². The van der Waals surface area contributed by atoms with Gasteiger partial charge in [-0.15, -0.1) is 0 Å². The van der Waals surface area contributed by atoms with Crippen LogP contribution in [0.3, 0.4) is 0 Å². The molecule has 8 nitrogen and oxygen atoms in total. The largest absolute Gasteiger partial charge is 0.467 e. The van der Waals surface area contributed by atoms with E-state index in [0.29, 0.717) is 22.9 Å². The van der Waals surface area contributed by atoms with Crippen LogP contribution in [0.25, 0.3) is 33.3 Å². The summed E-state index contributed by atoms with van der Waals surface area (Å²) in [5.41, 5.74) is 6.69. The Morgan fingerprint density at radius 1 is 1.00 bits per heavy atom. The monoisotopic (exact) mass is 423 g/mol. The second-order valence-corrected chi connectivity index (χ2v) is 8.35. The van der Waals surface area contributed by atoms with Crippen molar-refractivity contribution in [2.75, 3.05) is 7.11 Å². The van der Waals surface area contributed by atoms with E-state index in [9.17, 15) is 0 Å². The topological polar surface area (TPSA) is 94.4 Å². The SMILES string of the molecule is COc1ncc(C#Cc2cnc3[nH]cc(-c4ccc5ncn(C(C)(C)C)c5c4)c3n2)cn1. The molecule has 0 radical (unpaired) electrons. The maximum atomic E-state index is 4.97. The quantitative estimate of drug-likeness (QED) is 0.433. The minimum absolute atomic E-state index is 0.0681. The molecule has 5 rings (SSSR count). The highest BCUT2D eigenvalue weighted by molar-refractivity contribution is 5.93. The van der Waals surface area contributed by atoms with Crippen LogP contribution in [0.15, 0.2) is 49.3 Å². The standard InChI is InChI=1S/C24H21N7O/c1-24(2,3)31-14-29-19-8-6-16(9-20(19)31)18-13-26-22-21(18)30-17(12-25-22)7-5-15-10-27-23(32-4)28-11-15/h6,8-14H,1-4H3,(H,25,26). The van der Waals surface area contributed by atoms with E-state index < -0.39 is 0 Å². The molecular weight excluding hydrogens is 402 g/mol. The number of imidazole rings is 1. The Balaban J connectivity index is 1.55. The lowest BCUT2D eigenvalue weighted by Crippen LogP contribution is -2.20. The Morgan fingerprint density at radius 2 is 1.81 bits per heavy atom. The number of aromatic nitrogens is 7. The number of nitrogens with one attached hydrogen (secondary N) is 1. The summed E-state index contributed by atoms with van der Waals surface area (Å²) in [7, 11) is 1.52. The molecule has 0 unspecified atom stereocenters. The molecule has 32 heavy (non-hydrogen) atoms. The third kappa shape index (κ3) is 3.54. The highest BCUT2D eigenvalue weighted by Gasteiger charge is 2.17. The molecule has 0 saturated carbocycles. The fourth-order valence-corrected chi connectivity index (χ4v) is 3.50. The second-order valence-electron chi connectivity index (χ2n) is 8.35. The van der Waals surface area contributed by atoms with E-state index in [0.717, 1.165) is 27.7 Å². The predicted octanol–water partition coefficient (Wildman–Crippen LogP) is 3.93. The van der Waals surface area contributed by atoms with E-state index >= 15 is 0 Å². The predicted molar refractivity (Wildman–Crippen MR) is 122 cm³/mol. The molecule has 0 atom stereocenters. The molecule has 0 aliphatic rings. The fraction of sp³-hybridized carbons (Fsp3) is 0.208. The number of ether oxygens (including phenoxy) is 1. The van der Waals surface area contributed by atoms with Crippen LogP contribution in [-0.2, 0) is 5.54 Å². The molecule has 0 bridgehead atoms. The number of H-pyrrole nitrogens is 1. The molecule has 1 aromatic carbocycles. The Labute approximate surface area is 184 Å². The van der Waals surface area contributed by atoms with Crippen molar-refractivity contribution in [2.24, 2.45) is 0 Å². The van der Waals surface area contributed by atoms with Crippen LogP contribution < -0.4 is 4.74 Å². The van der Waals surface area contributed by atoms with E-state index in [1.165, 1.54) is 7.11 Å². The van der Waals surface area contributed by atoms with Gasteiger partial charge in [0.15, 0.2) is 5.65 Å². The van der Waals surface area contributed by atoms with Gasteiger partial charge in [0.05, 0.1) is 36.2 Å². The highest BCUT2D eigenvalue weighted by Crippen LogP contribution is 2.30. The molecule has 0 aliphatic heterocycles. The summed E-state index contributed by atoms with van der Waals surface area (Å²) in [4.78, 5) is 25.1. The first kappa shape index (κ1) is 19.7. The normalized spacial score (nSPS) is 11.5. The molecular formula is C24H21N7O. The molecule has 0 fully saturated rings. The van der Waals surface area contributed by atoms with E-state index in [-0.39, 0.29) is 5.54 Å². The van der Waals surface area contributed by atoms with Gasteiger partial charge in [-0.25, -0.2) is 24.9 Å². The van der Waals surface area contributed by atoms with Gasteiger partial charge in [0.2, 0.25) is 0 Å². The highest BCUT2D eigenvalue weighted by atomic mass is 16.5. The van der Waals surface area contributed by atoms with Crippen molar-refractivity contribution < 1.29 is 4.74 Å². The molecule has 4 heterocycles. The van der Waals surface area contributed by atoms with Crippen molar-refractivity contribution >= 4 is 22.2 Å². The van der Waals surface area contributed by atoms with Gasteiger partial charge in [0, 0.05) is 29.7 Å². The van der Waals surface area contributed by atoms with Crippen LogP contribution in [0.5, 0.6) is 6.01 Å². The smallest absolute Gasteiger partial charge is 0.316 e. The first-order chi connectivity index (χ1) is 15.4. The van der Waals surface area contributed by atoms with Gasteiger partial charge in [-0.1, -0.05) is 12.0 Å². The molecule has 4 aromatic heterocycles. The molecule has 0 spiro atoms. The molecule has 8 heteroatoms. The van der Waals surface area contributed by atoms with E-state index in [1.807, 2.05) is 18.6 Å². The van der Waals surface area contributed by atoms with Crippen LogP contribution in [0.2, 0.25) is 0 Å². The fourth-order valence-electron chi connectivity index (χ4n) is 3.50. The maximum absolute atomic E-state index is 4.97. The molecule has 0 aliphatic carbocycles. The van der Waals surface area contributed by atoms with Crippen LogP contribution in [0.4, 0.5) is 0 Å². The van der Waals surface area contributed by atoms with Crippen LogP contribution in [0.1, 0.15) is 32.0 Å². The van der Waals surface area contributed by atoms with Crippen molar-refractivity contribution in [3.8, 4) is 29.0 Å². The number of nitrogens with zero attached hydrogens (tertiary/aromatic N) is 6. The van der Waals surface area contributed by atoms with Crippen molar-refractivity contribution in [3.05, 3.63) is 60.6 Å². The van der Waals surface area contributed by atoms with Crippen molar-refractivity contribution in [3.63, 3.8) is 0 Å². The zero-order valence-electron chi connectivity index (χ0n) is 18.2. The Kier molecular flexibility index (Phi) is 4.59. The van der Waals surface area contributed by atoms with E-state index in [1.54, 1.807) is 18.6 Å². The second kappa shape index (κ2) is 7.46. The summed E-state index contributed by atoms with van der Waals surface area (Å²) in [6.45, 7) is 6.49. The van der Waals surface area contributed by atoms with Gasteiger partial charge < -0.3 is 14.3 Å². The van der Waals surface area contributed by atoms with Crippen molar-refractivity contribution in [2.45, 2.75) is 26.3 Å². The summed E-state index contributed by atoms with van der Waals surface area (Å²) < 4.78 is 7.15. The Bertz CT molecular complexity index is 1500. The van der Waals surface area contributed by atoms with Crippen LogP contribution >= 0.6 is 0 Å². The zero-order chi connectivity index (χ0) is 22.3. The summed E-state index contributed by atoms with van der Waals surface area (Å²) >= 11 is 0. The van der Waals surface area contributed by atoms with Gasteiger partial charge >= 0.3 is 6.01 Å². The first-order valence-corrected chi connectivity index (χ1v) is 10.1. The lowest BCUT2D eigenvalue weighted by Gasteiger charge is -2.21. The number of rotatable bonds is 2. The number of methoxy groups -OCH3 is 1. The number of hydrogen-bond acceptors (Lipinski definition) is 6. The summed E-state index contributed by atoms with van der Waals surface area (Å²) in [5, 5.41) is 0. The molecule has 1 N–H and O–H groups in total. The van der Waals surface area contributed by atoms with Crippen molar-refractivity contribution in [1.29, 1.82) is 0 Å². The molecule has 158 valence electrons. The molecule has 5 aromatic rings. The average Bonchev–Trinajstić information content (AvgIpc) is 3.41. The van der Waals surface area contributed by atoms with Crippen LogP contribution in [-0.4, -0.2) is 41.6 Å². The van der Waals surface area contributed by atoms with E-state index in [4.69, 9.17) is 9.72 Å². The number of benzene rings is 1. The number of aromatic amines is 1. The van der Waals surface area contributed by atoms with Gasteiger partial charge in [0.25, 0.3) is 0 Å². The molecule has 0 amide bonds. The van der Waals surface area contributed by atoms with Gasteiger partial charge in [-0.3, -0.25) is 0 Å². The lowest BCUT2D eigenvalue weighted by atomic mass is 10.1. The minimum atomic E-state index is -0.0681. The zero-order valence-corrected chi connectivity index (χ0v) is 18.2. The van der Waals surface area contributed by atoms with Crippen LogP contribution in [0, 0.1) is 11.8 Å². The average molecular weight is 423 g/mol. The lowest BCUT2D eigenvalue weighted by molar-refractivity contribution is 0.379. The third-order valence-corrected chi connectivity index (χ3v) is 5.11. The van der Waals surface area contributed by atoms with E-state index in [2.05, 4.69) is 74.2 Å². The Morgan fingerprint density at radius 3 is 2.56 bits per heavy atom. The number of fused-ring (bicyclic) bond motifs is 2. The van der Waals surface area contributed by atoms with Gasteiger partial charge in [-0.05, 0) is 44.4 Å². The summed E-state index contributed by atoms with van der Waals surface area (Å²) in [6, 6.07) is 6.54. The summed E-state index contributed by atoms with van der Waals surface area (Å²) in [5.74, 6) is 6.06. The molecule has 0 saturated heterocycles. The summed E-state index contributed by atoms with van der Waals surface area (Å²) in [6.07, 6.45) is 8.69. The van der Waals surface area contributed by atoms with Gasteiger partial charge in [0.1, 0.15) is 11.2 Å². The third-order valence-electron chi connectivity index (χ3n) is 5.11.